The van der Waals surface area contributed by atoms with Crippen LogP contribution < -0.4 is 0 Å². The first kappa shape index (κ1) is 22.4. The molecule has 0 spiro atoms. The van der Waals surface area contributed by atoms with Crippen LogP contribution in [0.2, 0.25) is 0 Å². The molecule has 2 aliphatic rings. The number of furan rings is 1. The van der Waals surface area contributed by atoms with E-state index in [1.807, 2.05) is 26.0 Å². The predicted molar refractivity (Wildman–Crippen MR) is 115 cm³/mol. The number of carboxylic acids is 1. The third kappa shape index (κ3) is 4.12. The van der Waals surface area contributed by atoms with E-state index in [9.17, 15) is 14.7 Å². The second-order valence-corrected chi connectivity index (χ2v) is 9.54. The maximum atomic E-state index is 12.8. The number of hydrogen-bond donors (Lipinski definition) is 1. The second kappa shape index (κ2) is 8.83. The molecule has 164 valence electrons. The van der Waals surface area contributed by atoms with Crippen molar-refractivity contribution in [3.8, 4) is 0 Å². The summed E-state index contributed by atoms with van der Waals surface area (Å²) in [4.78, 5) is 24.8. The van der Waals surface area contributed by atoms with Crippen LogP contribution in [-0.2, 0) is 20.7 Å². The lowest BCUT2D eigenvalue weighted by atomic mass is 9.46. The van der Waals surface area contributed by atoms with Crippen LogP contribution in [0.15, 0.2) is 46.3 Å². The van der Waals surface area contributed by atoms with E-state index in [1.165, 1.54) is 6.08 Å². The molecule has 1 aromatic heterocycles. The molecular weight excluding hydrogens is 380 g/mol. The van der Waals surface area contributed by atoms with Gasteiger partial charge in [0, 0.05) is 6.08 Å². The van der Waals surface area contributed by atoms with E-state index in [-0.39, 0.29) is 17.9 Å². The van der Waals surface area contributed by atoms with Crippen molar-refractivity contribution in [3.05, 3.63) is 47.5 Å². The van der Waals surface area contributed by atoms with Gasteiger partial charge in [0.05, 0.1) is 17.9 Å². The van der Waals surface area contributed by atoms with E-state index in [1.54, 1.807) is 12.5 Å². The molecule has 30 heavy (non-hydrogen) atoms. The number of fused-ring (bicyclic) bond motifs is 1. The van der Waals surface area contributed by atoms with Gasteiger partial charge in [-0.25, -0.2) is 4.79 Å². The fraction of sp³-hybridized carbons (Fsp3) is 0.600. The Hall–Kier alpha value is -2.30. The molecule has 0 aliphatic heterocycles. The van der Waals surface area contributed by atoms with Crippen LogP contribution >= 0.6 is 0 Å². The molecule has 1 saturated carbocycles. The number of aliphatic carboxylic acids is 1. The molecule has 1 heterocycles. The number of esters is 1. The molecule has 1 N–H and O–H groups in total. The Bertz CT molecular complexity index is 830. The zero-order valence-electron chi connectivity index (χ0n) is 18.6. The molecule has 0 aromatic carbocycles. The van der Waals surface area contributed by atoms with Crippen LogP contribution in [0.1, 0.15) is 65.4 Å². The topological polar surface area (TPSA) is 76.7 Å². The van der Waals surface area contributed by atoms with Crippen LogP contribution in [0, 0.1) is 22.7 Å². The van der Waals surface area contributed by atoms with Crippen LogP contribution in [0.25, 0.3) is 0 Å². The van der Waals surface area contributed by atoms with E-state index in [0.29, 0.717) is 12.3 Å². The lowest BCUT2D eigenvalue weighted by Gasteiger charge is -2.57. The Morgan fingerprint density at radius 2 is 2.10 bits per heavy atom. The van der Waals surface area contributed by atoms with Crippen molar-refractivity contribution < 1.29 is 23.8 Å². The van der Waals surface area contributed by atoms with Crippen molar-refractivity contribution in [3.63, 3.8) is 0 Å². The van der Waals surface area contributed by atoms with Gasteiger partial charge in [0.15, 0.2) is 0 Å². The molecule has 0 radical (unpaired) electrons. The SMILES string of the molecule is CC(C)=CC(=O)OCC1=CCC[C@@H]2[C@@]1(C(=O)O)CC[C@@H](C)[C@@]2(C)CCc1ccoc1. The van der Waals surface area contributed by atoms with Gasteiger partial charge in [-0.15, -0.1) is 0 Å². The summed E-state index contributed by atoms with van der Waals surface area (Å²) >= 11 is 0. The van der Waals surface area contributed by atoms with E-state index < -0.39 is 17.4 Å². The van der Waals surface area contributed by atoms with Crippen LogP contribution in [-0.4, -0.2) is 23.7 Å². The van der Waals surface area contributed by atoms with Crippen molar-refractivity contribution in [2.45, 2.75) is 66.2 Å². The normalized spacial score (nSPS) is 30.7. The van der Waals surface area contributed by atoms with Gasteiger partial charge >= 0.3 is 11.9 Å². The standard InChI is InChI=1S/C25H34O5/c1-17(2)14-22(26)30-16-20-6-5-7-21-24(4,11-9-19-10-13-29-15-19)18(3)8-12-25(20,21)23(27)28/h6,10,13-15,18,21H,5,7-9,11-12,16H2,1-4H3,(H,27,28)/t18-,21+,24-,25-/m1/s1. The van der Waals surface area contributed by atoms with Crippen molar-refractivity contribution >= 4 is 11.9 Å². The first-order valence-corrected chi connectivity index (χ1v) is 11.0. The summed E-state index contributed by atoms with van der Waals surface area (Å²) in [5, 5.41) is 10.5. The van der Waals surface area contributed by atoms with Gasteiger partial charge in [-0.2, -0.15) is 0 Å². The predicted octanol–water partition coefficient (Wildman–Crippen LogP) is 5.57. The molecule has 0 saturated heterocycles. The van der Waals surface area contributed by atoms with Crippen molar-refractivity contribution in [1.82, 2.24) is 0 Å². The summed E-state index contributed by atoms with van der Waals surface area (Å²) in [6.07, 6.45) is 11.8. The first-order chi connectivity index (χ1) is 14.2. The third-order valence-electron chi connectivity index (χ3n) is 7.60. The average molecular weight is 415 g/mol. The largest absolute Gasteiger partial charge is 0.481 e. The summed E-state index contributed by atoms with van der Waals surface area (Å²) in [7, 11) is 0. The van der Waals surface area contributed by atoms with Crippen molar-refractivity contribution in [1.29, 1.82) is 0 Å². The third-order valence-corrected chi connectivity index (χ3v) is 7.60. The highest BCUT2D eigenvalue weighted by molar-refractivity contribution is 5.83. The number of aryl methyl sites for hydroxylation is 1. The Balaban J connectivity index is 1.88. The maximum absolute atomic E-state index is 12.8. The zero-order chi connectivity index (χ0) is 21.9. The monoisotopic (exact) mass is 414 g/mol. The van der Waals surface area contributed by atoms with Crippen molar-refractivity contribution in [2.24, 2.45) is 22.7 Å². The minimum Gasteiger partial charge on any atom is -0.481 e. The summed E-state index contributed by atoms with van der Waals surface area (Å²) < 4.78 is 10.7. The molecular formula is C25H34O5. The quantitative estimate of drug-likeness (QED) is 0.359. The highest BCUT2D eigenvalue weighted by Crippen LogP contribution is 2.62. The van der Waals surface area contributed by atoms with Gasteiger partial charge in [-0.1, -0.05) is 25.5 Å². The number of carbonyl (C=O) groups excluding carboxylic acids is 1. The lowest BCUT2D eigenvalue weighted by molar-refractivity contribution is -0.164. The van der Waals surface area contributed by atoms with Crippen LogP contribution in [0.5, 0.6) is 0 Å². The van der Waals surface area contributed by atoms with Gasteiger partial charge in [-0.3, -0.25) is 4.79 Å². The van der Waals surface area contributed by atoms with Crippen LogP contribution in [0.3, 0.4) is 0 Å². The summed E-state index contributed by atoms with van der Waals surface area (Å²) in [5.41, 5.74) is 1.71. The number of hydrogen-bond acceptors (Lipinski definition) is 4. The number of ether oxygens (including phenoxy) is 1. The average Bonchev–Trinajstić information content (AvgIpc) is 3.21. The second-order valence-electron chi connectivity index (χ2n) is 9.54. The molecule has 3 rings (SSSR count). The molecule has 1 fully saturated rings. The number of carboxylic acid groups (broad SMARTS) is 1. The Labute approximate surface area is 179 Å². The van der Waals surface area contributed by atoms with Crippen LogP contribution in [0.4, 0.5) is 0 Å². The van der Waals surface area contributed by atoms with Gasteiger partial charge in [-0.05, 0) is 86.8 Å². The van der Waals surface area contributed by atoms with E-state index in [4.69, 9.17) is 9.15 Å². The van der Waals surface area contributed by atoms with Gasteiger partial charge < -0.3 is 14.3 Å². The highest BCUT2D eigenvalue weighted by atomic mass is 16.5. The Morgan fingerprint density at radius 3 is 2.73 bits per heavy atom. The number of allylic oxidation sites excluding steroid dienone is 2. The zero-order valence-corrected chi connectivity index (χ0v) is 18.6. The van der Waals surface area contributed by atoms with Gasteiger partial charge in [0.1, 0.15) is 6.61 Å². The van der Waals surface area contributed by atoms with Gasteiger partial charge in [0.25, 0.3) is 0 Å². The molecule has 0 amide bonds. The Morgan fingerprint density at radius 1 is 1.33 bits per heavy atom. The van der Waals surface area contributed by atoms with E-state index >= 15 is 0 Å². The maximum Gasteiger partial charge on any atom is 0.330 e. The molecule has 0 unspecified atom stereocenters. The lowest BCUT2D eigenvalue weighted by Crippen LogP contribution is -2.55. The summed E-state index contributed by atoms with van der Waals surface area (Å²) in [5.74, 6) is -0.752. The van der Waals surface area contributed by atoms with Gasteiger partial charge in [0.2, 0.25) is 0 Å². The molecule has 1 aromatic rings. The smallest absolute Gasteiger partial charge is 0.330 e. The molecule has 0 bridgehead atoms. The highest BCUT2D eigenvalue weighted by Gasteiger charge is 2.60. The van der Waals surface area contributed by atoms with E-state index in [2.05, 4.69) is 13.8 Å². The Kier molecular flexibility index (Phi) is 6.59. The fourth-order valence-electron chi connectivity index (χ4n) is 5.70. The molecule has 2 aliphatic carbocycles. The van der Waals surface area contributed by atoms with Crippen molar-refractivity contribution in [2.75, 3.05) is 6.61 Å². The molecule has 5 heteroatoms. The number of carbonyl (C=O) groups is 2. The number of rotatable bonds is 7. The molecule has 4 atom stereocenters. The molecule has 5 nitrogen and oxygen atoms in total. The van der Waals surface area contributed by atoms with E-state index in [0.717, 1.165) is 48.8 Å². The summed E-state index contributed by atoms with van der Waals surface area (Å²) in [6, 6.07) is 1.98. The minimum absolute atomic E-state index is 0.0142. The summed E-state index contributed by atoms with van der Waals surface area (Å²) in [6.45, 7) is 8.25. The first-order valence-electron chi connectivity index (χ1n) is 11.0. The fourth-order valence-corrected chi connectivity index (χ4v) is 5.70. The minimum atomic E-state index is -0.957.